The molecule has 3 N–H and O–H groups in total. The molecule has 1 unspecified atom stereocenters. The van der Waals surface area contributed by atoms with Gasteiger partial charge in [-0.3, -0.25) is 4.79 Å². The molecule has 110 valence electrons. The first kappa shape index (κ1) is 15.3. The molecule has 3 heteroatoms. The highest BCUT2D eigenvalue weighted by Crippen LogP contribution is 2.21. The standard InChI is InChI=1S/C18H22N2O/c1-12-8-9-13(2)15(10-12)11-18(21)20-17-7-5-4-6-16(17)14(3)19/h4-10,14H,11,19H2,1-3H3,(H,20,21). The molecule has 2 aromatic carbocycles. The van der Waals surface area contributed by atoms with Crippen molar-refractivity contribution in [2.75, 3.05) is 5.32 Å². The van der Waals surface area contributed by atoms with Crippen LogP contribution in [0, 0.1) is 13.8 Å². The predicted octanol–water partition coefficient (Wildman–Crippen LogP) is 3.50. The molecule has 0 aliphatic carbocycles. The summed E-state index contributed by atoms with van der Waals surface area (Å²) in [7, 11) is 0. The van der Waals surface area contributed by atoms with Crippen LogP contribution in [0.5, 0.6) is 0 Å². The zero-order valence-corrected chi connectivity index (χ0v) is 12.8. The molecule has 2 aromatic rings. The topological polar surface area (TPSA) is 55.1 Å². The second-order valence-electron chi connectivity index (χ2n) is 5.53. The summed E-state index contributed by atoms with van der Waals surface area (Å²) < 4.78 is 0. The minimum Gasteiger partial charge on any atom is -0.325 e. The first-order valence-electron chi connectivity index (χ1n) is 7.18. The van der Waals surface area contributed by atoms with E-state index >= 15 is 0 Å². The van der Waals surface area contributed by atoms with E-state index in [1.165, 1.54) is 5.56 Å². The SMILES string of the molecule is Cc1ccc(C)c(CC(=O)Nc2ccccc2C(C)N)c1. The van der Waals surface area contributed by atoms with Crippen LogP contribution >= 0.6 is 0 Å². The average Bonchev–Trinajstić information content (AvgIpc) is 2.43. The van der Waals surface area contributed by atoms with E-state index in [2.05, 4.69) is 17.4 Å². The molecule has 0 aromatic heterocycles. The van der Waals surface area contributed by atoms with Crippen molar-refractivity contribution in [1.29, 1.82) is 0 Å². The fourth-order valence-electron chi connectivity index (χ4n) is 2.37. The van der Waals surface area contributed by atoms with Gasteiger partial charge in [0.25, 0.3) is 0 Å². The Morgan fingerprint density at radius 1 is 1.19 bits per heavy atom. The lowest BCUT2D eigenvalue weighted by atomic mass is 10.0. The number of benzene rings is 2. The summed E-state index contributed by atoms with van der Waals surface area (Å²) in [4.78, 5) is 12.3. The number of rotatable bonds is 4. The first-order valence-corrected chi connectivity index (χ1v) is 7.18. The van der Waals surface area contributed by atoms with E-state index in [9.17, 15) is 4.79 Å². The van der Waals surface area contributed by atoms with Crippen molar-refractivity contribution >= 4 is 11.6 Å². The maximum absolute atomic E-state index is 12.3. The predicted molar refractivity (Wildman–Crippen MR) is 87.3 cm³/mol. The van der Waals surface area contributed by atoms with E-state index in [1.807, 2.05) is 51.1 Å². The van der Waals surface area contributed by atoms with Gasteiger partial charge in [0.1, 0.15) is 0 Å². The summed E-state index contributed by atoms with van der Waals surface area (Å²) in [6, 6.07) is 13.7. The lowest BCUT2D eigenvalue weighted by Gasteiger charge is -2.14. The molecular weight excluding hydrogens is 260 g/mol. The number of carbonyl (C=O) groups excluding carboxylic acids is 1. The molecule has 0 fully saturated rings. The number of hydrogen-bond donors (Lipinski definition) is 2. The Labute approximate surface area is 126 Å². The van der Waals surface area contributed by atoms with E-state index in [0.717, 1.165) is 22.4 Å². The van der Waals surface area contributed by atoms with Crippen molar-refractivity contribution in [3.05, 3.63) is 64.7 Å². The summed E-state index contributed by atoms with van der Waals surface area (Å²) in [5, 5.41) is 2.97. The zero-order chi connectivity index (χ0) is 15.4. The van der Waals surface area contributed by atoms with Gasteiger partial charge in [-0.2, -0.15) is 0 Å². The van der Waals surface area contributed by atoms with Crippen molar-refractivity contribution < 1.29 is 4.79 Å². The molecule has 3 nitrogen and oxygen atoms in total. The van der Waals surface area contributed by atoms with Gasteiger partial charge in [-0.1, -0.05) is 42.0 Å². The van der Waals surface area contributed by atoms with Crippen molar-refractivity contribution in [3.8, 4) is 0 Å². The van der Waals surface area contributed by atoms with E-state index < -0.39 is 0 Å². The Hall–Kier alpha value is -2.13. The molecule has 1 amide bonds. The van der Waals surface area contributed by atoms with Crippen LogP contribution in [0.25, 0.3) is 0 Å². The number of carbonyl (C=O) groups is 1. The highest BCUT2D eigenvalue weighted by Gasteiger charge is 2.11. The van der Waals surface area contributed by atoms with E-state index in [4.69, 9.17) is 5.73 Å². The Balaban J connectivity index is 2.14. The van der Waals surface area contributed by atoms with Crippen molar-refractivity contribution in [3.63, 3.8) is 0 Å². The van der Waals surface area contributed by atoms with Gasteiger partial charge in [0.15, 0.2) is 0 Å². The highest BCUT2D eigenvalue weighted by atomic mass is 16.1. The van der Waals surface area contributed by atoms with Crippen LogP contribution in [0.3, 0.4) is 0 Å². The van der Waals surface area contributed by atoms with Crippen LogP contribution in [-0.2, 0) is 11.2 Å². The fraction of sp³-hybridized carbons (Fsp3) is 0.278. The second kappa shape index (κ2) is 6.55. The van der Waals surface area contributed by atoms with Crippen LogP contribution < -0.4 is 11.1 Å². The summed E-state index contributed by atoms with van der Waals surface area (Å²) in [6.07, 6.45) is 0.376. The molecule has 0 bridgehead atoms. The van der Waals surface area contributed by atoms with Crippen LogP contribution in [0.2, 0.25) is 0 Å². The third-order valence-electron chi connectivity index (χ3n) is 3.58. The van der Waals surface area contributed by atoms with Gasteiger partial charge in [-0.05, 0) is 43.5 Å². The van der Waals surface area contributed by atoms with E-state index in [0.29, 0.717) is 6.42 Å². The highest BCUT2D eigenvalue weighted by molar-refractivity contribution is 5.93. The number of nitrogens with one attached hydrogen (secondary N) is 1. The smallest absolute Gasteiger partial charge is 0.228 e. The number of hydrogen-bond acceptors (Lipinski definition) is 2. The Bertz CT molecular complexity index is 647. The van der Waals surface area contributed by atoms with Gasteiger partial charge in [-0.25, -0.2) is 0 Å². The first-order chi connectivity index (χ1) is 9.97. The van der Waals surface area contributed by atoms with Crippen LogP contribution in [0.4, 0.5) is 5.69 Å². The van der Waals surface area contributed by atoms with Gasteiger partial charge >= 0.3 is 0 Å². The van der Waals surface area contributed by atoms with Crippen molar-refractivity contribution in [2.45, 2.75) is 33.2 Å². The Morgan fingerprint density at radius 2 is 1.90 bits per heavy atom. The average molecular weight is 282 g/mol. The van der Waals surface area contributed by atoms with E-state index in [-0.39, 0.29) is 11.9 Å². The van der Waals surface area contributed by atoms with Gasteiger partial charge in [0.2, 0.25) is 5.91 Å². The lowest BCUT2D eigenvalue weighted by molar-refractivity contribution is -0.115. The largest absolute Gasteiger partial charge is 0.325 e. The van der Waals surface area contributed by atoms with Crippen molar-refractivity contribution in [1.82, 2.24) is 0 Å². The summed E-state index contributed by atoms with van der Waals surface area (Å²) in [5.74, 6) is -0.0169. The summed E-state index contributed by atoms with van der Waals surface area (Å²) in [6.45, 7) is 5.97. The number of amides is 1. The number of nitrogens with two attached hydrogens (primary N) is 1. The van der Waals surface area contributed by atoms with Crippen LogP contribution in [0.15, 0.2) is 42.5 Å². The number of para-hydroxylation sites is 1. The monoisotopic (exact) mass is 282 g/mol. The van der Waals surface area contributed by atoms with Crippen LogP contribution in [0.1, 0.15) is 35.2 Å². The molecule has 0 saturated heterocycles. The van der Waals surface area contributed by atoms with E-state index in [1.54, 1.807) is 0 Å². The maximum Gasteiger partial charge on any atom is 0.228 e. The van der Waals surface area contributed by atoms with Gasteiger partial charge in [0, 0.05) is 11.7 Å². The van der Waals surface area contributed by atoms with Gasteiger partial charge in [0.05, 0.1) is 6.42 Å². The molecule has 2 rings (SSSR count). The maximum atomic E-state index is 12.3. The molecule has 1 atom stereocenters. The quantitative estimate of drug-likeness (QED) is 0.901. The molecule has 0 aliphatic heterocycles. The lowest BCUT2D eigenvalue weighted by Crippen LogP contribution is -2.18. The molecule has 0 heterocycles. The normalized spacial score (nSPS) is 12.0. The van der Waals surface area contributed by atoms with Gasteiger partial charge < -0.3 is 11.1 Å². The fourth-order valence-corrected chi connectivity index (χ4v) is 2.37. The third-order valence-corrected chi connectivity index (χ3v) is 3.58. The zero-order valence-electron chi connectivity index (χ0n) is 12.8. The number of anilines is 1. The molecular formula is C18H22N2O. The molecule has 0 aliphatic rings. The Morgan fingerprint density at radius 3 is 2.62 bits per heavy atom. The Kier molecular flexibility index (Phi) is 4.76. The molecule has 21 heavy (non-hydrogen) atoms. The van der Waals surface area contributed by atoms with Gasteiger partial charge in [-0.15, -0.1) is 0 Å². The minimum absolute atomic E-state index is 0.0169. The second-order valence-corrected chi connectivity index (χ2v) is 5.53. The summed E-state index contributed by atoms with van der Waals surface area (Å²) >= 11 is 0. The minimum atomic E-state index is -0.109. The summed E-state index contributed by atoms with van der Waals surface area (Å²) in [5.41, 5.74) is 11.0. The molecule has 0 radical (unpaired) electrons. The molecule has 0 spiro atoms. The van der Waals surface area contributed by atoms with Crippen LogP contribution in [-0.4, -0.2) is 5.91 Å². The third kappa shape index (κ3) is 3.92. The number of aryl methyl sites for hydroxylation is 2. The molecule has 0 saturated carbocycles. The van der Waals surface area contributed by atoms with Crippen molar-refractivity contribution in [2.24, 2.45) is 5.73 Å².